The van der Waals surface area contributed by atoms with Crippen molar-refractivity contribution in [1.29, 1.82) is 0 Å². The second kappa shape index (κ2) is 16.4. The predicted molar refractivity (Wildman–Crippen MR) is 208 cm³/mol. The highest BCUT2D eigenvalue weighted by atomic mass is 28.3. The molecular formula is C42H66O7Si2. The van der Waals surface area contributed by atoms with Crippen LogP contribution in [0.25, 0.3) is 0 Å². The maximum atomic E-state index is 14.1. The molecule has 51 heavy (non-hydrogen) atoms. The van der Waals surface area contributed by atoms with Crippen LogP contribution in [0.1, 0.15) is 98.6 Å². The fourth-order valence-corrected chi connectivity index (χ4v) is 10.2. The van der Waals surface area contributed by atoms with E-state index in [1.165, 1.54) is 11.1 Å². The van der Waals surface area contributed by atoms with E-state index in [0.717, 1.165) is 12.0 Å². The molecule has 7 nitrogen and oxygen atoms in total. The highest BCUT2D eigenvalue weighted by molar-refractivity contribution is 6.49. The van der Waals surface area contributed by atoms with Crippen LogP contribution < -0.4 is 4.74 Å². The van der Waals surface area contributed by atoms with Crippen LogP contribution in [0, 0.1) is 48.3 Å². The van der Waals surface area contributed by atoms with Gasteiger partial charge in [-0.05, 0) is 118 Å². The highest BCUT2D eigenvalue weighted by Gasteiger charge is 2.55. The summed E-state index contributed by atoms with van der Waals surface area (Å²) in [5.74, 6) is 0.241. The number of benzene rings is 1. The zero-order chi connectivity index (χ0) is 38.1. The summed E-state index contributed by atoms with van der Waals surface area (Å²) >= 11 is 0. The topological polar surface area (TPSA) is 80.3 Å². The average molecular weight is 739 g/mol. The Kier molecular flexibility index (Phi) is 13.4. The molecule has 1 aliphatic heterocycles. The monoisotopic (exact) mass is 738 g/mol. The minimum Gasteiger partial charge on any atom is -0.479 e. The zero-order valence-corrected chi connectivity index (χ0v) is 36.0. The molecule has 1 aromatic rings. The quantitative estimate of drug-likeness (QED) is 0.156. The number of carbonyl (C=O) groups is 2. The molecule has 9 atom stereocenters. The van der Waals surface area contributed by atoms with Crippen molar-refractivity contribution < 1.29 is 32.7 Å². The molecule has 1 saturated heterocycles. The van der Waals surface area contributed by atoms with E-state index < -0.39 is 42.0 Å². The normalized spacial score (nSPS) is 30.5. The average Bonchev–Trinajstić information content (AvgIpc) is 3.01. The Hall–Kier alpha value is -2.21. The summed E-state index contributed by atoms with van der Waals surface area (Å²) in [6.07, 6.45) is 8.29. The molecule has 2 radical (unpaired) electrons. The smallest absolute Gasteiger partial charge is 0.347 e. The lowest BCUT2D eigenvalue weighted by Gasteiger charge is -2.54. The van der Waals surface area contributed by atoms with Crippen molar-refractivity contribution in [2.24, 2.45) is 34.5 Å². The molecule has 0 bridgehead atoms. The largest absolute Gasteiger partial charge is 0.479 e. The lowest BCUT2D eigenvalue weighted by Crippen LogP contribution is -2.58. The molecule has 3 aliphatic rings. The van der Waals surface area contributed by atoms with Gasteiger partial charge in [0.25, 0.3) is 0 Å². The third-order valence-corrected chi connectivity index (χ3v) is 12.9. The van der Waals surface area contributed by atoms with Crippen LogP contribution in [0.5, 0.6) is 5.75 Å². The van der Waals surface area contributed by atoms with Crippen LogP contribution >= 0.6 is 0 Å². The van der Waals surface area contributed by atoms with E-state index >= 15 is 0 Å². The Balaban J connectivity index is 1.69. The number of cyclic esters (lactones) is 1. The first kappa shape index (κ1) is 41.5. The molecule has 284 valence electrons. The van der Waals surface area contributed by atoms with Crippen LogP contribution in [0.2, 0.25) is 26.2 Å². The van der Waals surface area contributed by atoms with E-state index in [4.69, 9.17) is 23.1 Å². The summed E-state index contributed by atoms with van der Waals surface area (Å²) in [6.45, 7) is 30.2. The van der Waals surface area contributed by atoms with Crippen LogP contribution in [0.4, 0.5) is 0 Å². The van der Waals surface area contributed by atoms with Crippen molar-refractivity contribution in [3.63, 3.8) is 0 Å². The summed E-state index contributed by atoms with van der Waals surface area (Å²) < 4.78 is 32.6. The van der Waals surface area contributed by atoms with E-state index in [1.807, 2.05) is 25.1 Å². The maximum Gasteiger partial charge on any atom is 0.347 e. The molecule has 9 heteroatoms. The summed E-state index contributed by atoms with van der Waals surface area (Å²) in [5.41, 5.74) is 2.69. The minimum atomic E-state index is -1.20. The minimum absolute atomic E-state index is 0.0252. The molecule has 0 aromatic heterocycles. The number of ether oxygens (including phenoxy) is 3. The number of hydrogen-bond donors (Lipinski definition) is 0. The molecule has 0 spiro atoms. The number of carbonyl (C=O) groups excluding carboxylic acids is 2. The molecule has 2 aliphatic carbocycles. The van der Waals surface area contributed by atoms with E-state index in [-0.39, 0.29) is 52.5 Å². The van der Waals surface area contributed by atoms with Gasteiger partial charge in [0.1, 0.15) is 24.1 Å². The van der Waals surface area contributed by atoms with Gasteiger partial charge < -0.3 is 23.1 Å². The Morgan fingerprint density at radius 2 is 1.69 bits per heavy atom. The Labute approximate surface area is 312 Å². The third kappa shape index (κ3) is 9.87. The Morgan fingerprint density at radius 1 is 1.00 bits per heavy atom. The van der Waals surface area contributed by atoms with E-state index in [2.05, 4.69) is 107 Å². The summed E-state index contributed by atoms with van der Waals surface area (Å²) in [6, 6.07) is 5.94. The summed E-state index contributed by atoms with van der Waals surface area (Å²) in [5, 5.41) is 0. The first-order chi connectivity index (χ1) is 23.7. The number of esters is 2. The van der Waals surface area contributed by atoms with Gasteiger partial charge in [-0.15, -0.1) is 0 Å². The number of aryl methyl sites for hydroxylation is 2. The predicted octanol–water partition coefficient (Wildman–Crippen LogP) is 9.59. The summed E-state index contributed by atoms with van der Waals surface area (Å²) in [4.78, 5) is 27.6. The first-order valence-corrected chi connectivity index (χ1v) is 24.0. The van der Waals surface area contributed by atoms with Crippen molar-refractivity contribution in [3.05, 3.63) is 53.1 Å². The zero-order valence-electron chi connectivity index (χ0n) is 34.0. The van der Waals surface area contributed by atoms with Crippen LogP contribution in [-0.4, -0.2) is 60.0 Å². The number of hydrogen-bond acceptors (Lipinski definition) is 7. The van der Waals surface area contributed by atoms with Gasteiger partial charge in [-0.1, -0.05) is 79.7 Å². The lowest BCUT2D eigenvalue weighted by molar-refractivity contribution is -0.180. The molecule has 1 fully saturated rings. The maximum absolute atomic E-state index is 14.1. The van der Waals surface area contributed by atoms with Crippen molar-refractivity contribution in [2.75, 3.05) is 0 Å². The van der Waals surface area contributed by atoms with Gasteiger partial charge in [0.15, 0.2) is 6.10 Å². The van der Waals surface area contributed by atoms with Crippen molar-refractivity contribution in [2.45, 2.75) is 158 Å². The van der Waals surface area contributed by atoms with Crippen LogP contribution in [0.3, 0.4) is 0 Å². The molecule has 0 N–H and O–H groups in total. The first-order valence-electron chi connectivity index (χ1n) is 19.2. The number of rotatable bonds is 12. The van der Waals surface area contributed by atoms with Crippen molar-refractivity contribution in [1.82, 2.24) is 0 Å². The summed E-state index contributed by atoms with van der Waals surface area (Å²) in [7, 11) is -2.29. The molecule has 2 unspecified atom stereocenters. The standard InChI is InChI=1S/C42H66O7Si2/c1-15-34(45-31-19-16-26(2)27(3)22-31)38(43)47-35-24-30(40(5,6)7)23-29-18-17-28(4)42(36(29)35,49-51(13)14)21-20-32-25-33(41(8,9)10)37(39(44)46-32)48-50(11)12/h16-19,22-23,28,30,32-37H,15,20-21,24-25H2,1-14H3/t28-,30+,32+,33-,34?,35-,36+,37?,42-/m0/s1. The number of allylic oxidation sites excluding steroid dienone is 2. The van der Waals surface area contributed by atoms with Gasteiger partial charge in [0.05, 0.1) is 5.60 Å². The number of fused-ring (bicyclic) bond motifs is 1. The van der Waals surface area contributed by atoms with E-state index in [0.29, 0.717) is 31.4 Å². The molecule has 1 aromatic carbocycles. The molecule has 4 rings (SSSR count). The fraction of sp³-hybridized carbons (Fsp3) is 0.714. The van der Waals surface area contributed by atoms with Crippen molar-refractivity contribution in [3.8, 4) is 5.75 Å². The van der Waals surface area contributed by atoms with E-state index in [1.54, 1.807) is 0 Å². The van der Waals surface area contributed by atoms with Gasteiger partial charge in [0.2, 0.25) is 18.1 Å². The lowest BCUT2D eigenvalue weighted by atomic mass is 9.59. The Morgan fingerprint density at radius 3 is 2.25 bits per heavy atom. The van der Waals surface area contributed by atoms with Gasteiger partial charge in [-0.3, -0.25) is 0 Å². The van der Waals surface area contributed by atoms with Gasteiger partial charge in [0, 0.05) is 17.8 Å². The van der Waals surface area contributed by atoms with Crippen molar-refractivity contribution >= 4 is 30.0 Å². The van der Waals surface area contributed by atoms with Crippen LogP contribution in [-0.2, 0) is 27.9 Å². The van der Waals surface area contributed by atoms with E-state index in [9.17, 15) is 9.59 Å². The fourth-order valence-electron chi connectivity index (χ4n) is 8.23. The molecule has 0 saturated carbocycles. The van der Waals surface area contributed by atoms with Crippen LogP contribution in [0.15, 0.2) is 42.0 Å². The van der Waals surface area contributed by atoms with Gasteiger partial charge in [-0.2, -0.15) is 0 Å². The SMILES string of the molecule is CCC(Oc1ccc(C)c(C)c1)C(=O)O[C@H]1C[C@H](C(C)(C)C)C=C2C=C[C@H](C)[C@](CC[C@@H]3C[C@H](C(C)(C)C)C(O[Si](C)C)C(=O)O3)(O[Si](C)C)[C@H]21. The highest BCUT2D eigenvalue weighted by Crippen LogP contribution is 2.53. The molecule has 1 heterocycles. The third-order valence-electron chi connectivity index (χ3n) is 11.4. The second-order valence-corrected chi connectivity index (χ2v) is 22.0. The van der Waals surface area contributed by atoms with Gasteiger partial charge >= 0.3 is 11.9 Å². The second-order valence-electron chi connectivity index (χ2n) is 18.0. The Bertz CT molecular complexity index is 1440. The molecule has 0 amide bonds. The molecular weight excluding hydrogens is 673 g/mol. The van der Waals surface area contributed by atoms with Gasteiger partial charge in [-0.25, -0.2) is 9.59 Å².